The van der Waals surface area contributed by atoms with E-state index in [1.807, 2.05) is 30.3 Å². The Balaban J connectivity index is 2.02. The van der Waals surface area contributed by atoms with Gasteiger partial charge in [-0.3, -0.25) is 14.9 Å². The number of nitrogens with one attached hydrogen (secondary N) is 1. The fraction of sp³-hybridized carbons (Fsp3) is 0. The number of carboxylic acids is 1. The largest absolute Gasteiger partial charge is 0.478 e. The van der Waals surface area contributed by atoms with E-state index in [2.05, 4.69) is 5.32 Å². The van der Waals surface area contributed by atoms with Crippen LogP contribution in [0.15, 0.2) is 72.8 Å². The summed E-state index contributed by atoms with van der Waals surface area (Å²) in [4.78, 5) is 35.0. The molecule has 0 atom stereocenters. The number of hydrogen-bond acceptors (Lipinski definition) is 4. The third-order valence-corrected chi connectivity index (χ3v) is 4.13. The van der Waals surface area contributed by atoms with Gasteiger partial charge in [0.2, 0.25) is 0 Å². The van der Waals surface area contributed by atoms with E-state index < -0.39 is 16.8 Å². The zero-order valence-electron chi connectivity index (χ0n) is 15.1. The van der Waals surface area contributed by atoms with Crippen LogP contribution in [0.3, 0.4) is 0 Å². The molecule has 0 heterocycles. The van der Waals surface area contributed by atoms with Crippen LogP contribution in [0.4, 0.5) is 11.4 Å². The fourth-order valence-corrected chi connectivity index (χ4v) is 2.71. The van der Waals surface area contributed by atoms with E-state index in [0.717, 1.165) is 11.6 Å². The minimum Gasteiger partial charge on any atom is -0.478 e. The van der Waals surface area contributed by atoms with Gasteiger partial charge in [-0.2, -0.15) is 0 Å². The molecule has 2 N–H and O–H groups in total. The van der Waals surface area contributed by atoms with E-state index in [4.69, 9.17) is 0 Å². The summed E-state index contributed by atoms with van der Waals surface area (Å²) in [5.41, 5.74) is 0.529. The summed E-state index contributed by atoms with van der Waals surface area (Å²) >= 11 is 0. The van der Waals surface area contributed by atoms with Crippen LogP contribution in [0.5, 0.6) is 0 Å². The topological polar surface area (TPSA) is 110 Å². The van der Waals surface area contributed by atoms with Crippen LogP contribution in [-0.4, -0.2) is 21.9 Å². The highest BCUT2D eigenvalue weighted by atomic mass is 16.6. The van der Waals surface area contributed by atoms with Crippen molar-refractivity contribution in [3.8, 4) is 0 Å². The second kappa shape index (κ2) is 8.62. The first kappa shape index (κ1) is 19.5. The summed E-state index contributed by atoms with van der Waals surface area (Å²) in [5, 5.41) is 23.5. The van der Waals surface area contributed by atoms with Crippen LogP contribution < -0.4 is 5.32 Å². The molecule has 3 aromatic rings. The molecule has 144 valence electrons. The van der Waals surface area contributed by atoms with Crippen LogP contribution in [0.1, 0.15) is 31.8 Å². The van der Waals surface area contributed by atoms with Crippen molar-refractivity contribution < 1.29 is 19.6 Å². The number of amides is 1. The van der Waals surface area contributed by atoms with Gasteiger partial charge in [-0.1, -0.05) is 54.6 Å². The molecule has 1 amide bonds. The molecule has 0 saturated carbocycles. The zero-order chi connectivity index (χ0) is 20.8. The average molecular weight is 388 g/mol. The lowest BCUT2D eigenvalue weighted by Gasteiger charge is -2.10. The van der Waals surface area contributed by atoms with Gasteiger partial charge in [0.25, 0.3) is 11.6 Å². The Kier molecular flexibility index (Phi) is 5.80. The number of carbonyl (C=O) groups excluding carboxylic acids is 1. The number of benzene rings is 3. The molecule has 0 bridgehead atoms. The van der Waals surface area contributed by atoms with Gasteiger partial charge in [-0.25, -0.2) is 4.79 Å². The van der Waals surface area contributed by atoms with Gasteiger partial charge in [-0.05, 0) is 29.8 Å². The van der Waals surface area contributed by atoms with E-state index in [1.54, 1.807) is 36.4 Å². The SMILES string of the molecule is O=C(Nc1cc([N+](=O)[O-])c(/C=C/c2ccccc2)cc1C(=O)O)c1ccccc1. The van der Waals surface area contributed by atoms with Gasteiger partial charge in [0.15, 0.2) is 0 Å². The van der Waals surface area contributed by atoms with Crippen LogP contribution in [-0.2, 0) is 0 Å². The minimum absolute atomic E-state index is 0.119. The van der Waals surface area contributed by atoms with Gasteiger partial charge in [-0.15, -0.1) is 0 Å². The van der Waals surface area contributed by atoms with Gasteiger partial charge >= 0.3 is 5.97 Å². The van der Waals surface area contributed by atoms with Crippen LogP contribution >= 0.6 is 0 Å². The molecule has 7 nitrogen and oxygen atoms in total. The third-order valence-electron chi connectivity index (χ3n) is 4.13. The quantitative estimate of drug-likeness (QED) is 0.361. The second-order valence-electron chi connectivity index (χ2n) is 6.08. The summed E-state index contributed by atoms with van der Waals surface area (Å²) in [7, 11) is 0. The Morgan fingerprint density at radius 3 is 2.14 bits per heavy atom. The summed E-state index contributed by atoms with van der Waals surface area (Å²) in [6, 6.07) is 19.5. The Hall–Kier alpha value is -4.26. The smallest absolute Gasteiger partial charge is 0.337 e. The minimum atomic E-state index is -1.31. The maximum atomic E-state index is 12.4. The molecular formula is C22H16N2O5. The molecule has 0 spiro atoms. The summed E-state index contributed by atoms with van der Waals surface area (Å²) in [5.74, 6) is -1.87. The van der Waals surface area contributed by atoms with Crippen molar-refractivity contribution in [1.82, 2.24) is 0 Å². The molecule has 0 aliphatic carbocycles. The number of carboxylic acid groups (broad SMARTS) is 1. The van der Waals surface area contributed by atoms with Crippen molar-refractivity contribution in [2.75, 3.05) is 5.32 Å². The van der Waals surface area contributed by atoms with Crippen molar-refractivity contribution in [2.24, 2.45) is 0 Å². The van der Waals surface area contributed by atoms with Crippen LogP contribution in [0.25, 0.3) is 12.2 Å². The predicted molar refractivity (Wildman–Crippen MR) is 110 cm³/mol. The Morgan fingerprint density at radius 1 is 0.931 bits per heavy atom. The van der Waals surface area contributed by atoms with E-state index in [-0.39, 0.29) is 22.5 Å². The van der Waals surface area contributed by atoms with Gasteiger partial charge in [0, 0.05) is 11.6 Å². The van der Waals surface area contributed by atoms with E-state index >= 15 is 0 Å². The highest BCUT2D eigenvalue weighted by Gasteiger charge is 2.21. The number of anilines is 1. The summed E-state index contributed by atoms with van der Waals surface area (Å²) in [6.07, 6.45) is 3.12. The molecular weight excluding hydrogens is 372 g/mol. The van der Waals surface area contributed by atoms with Crippen molar-refractivity contribution in [1.29, 1.82) is 0 Å². The van der Waals surface area contributed by atoms with Crippen molar-refractivity contribution in [3.63, 3.8) is 0 Å². The highest BCUT2D eigenvalue weighted by molar-refractivity contribution is 6.08. The first-order chi connectivity index (χ1) is 14.0. The molecule has 0 aliphatic heterocycles. The molecule has 3 aromatic carbocycles. The highest BCUT2D eigenvalue weighted by Crippen LogP contribution is 2.29. The lowest BCUT2D eigenvalue weighted by molar-refractivity contribution is -0.385. The van der Waals surface area contributed by atoms with Crippen LogP contribution in [0, 0.1) is 10.1 Å². The Labute approximate surface area is 166 Å². The molecule has 3 rings (SSSR count). The molecule has 0 saturated heterocycles. The number of aromatic carboxylic acids is 1. The predicted octanol–water partition coefficient (Wildman–Crippen LogP) is 4.72. The first-order valence-corrected chi connectivity index (χ1v) is 8.61. The standard InChI is InChI=1S/C22H16N2O5/c25-21(16-9-5-2-6-10-16)23-19-14-20(24(28)29)17(13-18(19)22(26)27)12-11-15-7-3-1-4-8-15/h1-14H,(H,23,25)(H,26,27)/b12-11+. The van der Waals surface area contributed by atoms with Crippen molar-refractivity contribution in [2.45, 2.75) is 0 Å². The monoisotopic (exact) mass is 388 g/mol. The molecule has 0 fully saturated rings. The normalized spacial score (nSPS) is 10.6. The lowest BCUT2D eigenvalue weighted by Crippen LogP contribution is -2.15. The maximum absolute atomic E-state index is 12.4. The number of rotatable bonds is 6. The Morgan fingerprint density at radius 2 is 1.55 bits per heavy atom. The molecule has 7 heteroatoms. The molecule has 0 aliphatic rings. The first-order valence-electron chi connectivity index (χ1n) is 8.61. The van der Waals surface area contributed by atoms with E-state index in [9.17, 15) is 24.8 Å². The van der Waals surface area contributed by atoms with Gasteiger partial charge < -0.3 is 10.4 Å². The lowest BCUT2D eigenvalue weighted by atomic mass is 10.0. The zero-order valence-corrected chi connectivity index (χ0v) is 15.1. The molecule has 0 unspecified atom stereocenters. The number of nitro benzene ring substituents is 1. The van der Waals surface area contributed by atoms with Gasteiger partial charge in [0.05, 0.1) is 21.7 Å². The fourth-order valence-electron chi connectivity index (χ4n) is 2.71. The maximum Gasteiger partial charge on any atom is 0.337 e. The van der Waals surface area contributed by atoms with Crippen molar-refractivity contribution in [3.05, 3.63) is 105 Å². The molecule has 29 heavy (non-hydrogen) atoms. The van der Waals surface area contributed by atoms with E-state index in [1.165, 1.54) is 12.1 Å². The number of hydrogen-bond donors (Lipinski definition) is 2. The van der Waals surface area contributed by atoms with Gasteiger partial charge in [0.1, 0.15) is 0 Å². The third kappa shape index (κ3) is 4.72. The van der Waals surface area contributed by atoms with Crippen molar-refractivity contribution >= 4 is 35.4 Å². The Bertz CT molecular complexity index is 1090. The number of nitro groups is 1. The number of nitrogens with zero attached hydrogens (tertiary/aromatic N) is 1. The molecule has 0 radical (unpaired) electrons. The average Bonchev–Trinajstić information content (AvgIpc) is 2.73. The molecule has 0 aromatic heterocycles. The van der Waals surface area contributed by atoms with Crippen LogP contribution in [0.2, 0.25) is 0 Å². The summed E-state index contributed by atoms with van der Waals surface area (Å²) < 4.78 is 0. The number of carbonyl (C=O) groups is 2. The second-order valence-corrected chi connectivity index (χ2v) is 6.08. The van der Waals surface area contributed by atoms with E-state index in [0.29, 0.717) is 5.56 Å². The summed E-state index contributed by atoms with van der Waals surface area (Å²) in [6.45, 7) is 0.